The van der Waals surface area contributed by atoms with Crippen LogP contribution in [0.3, 0.4) is 0 Å². The van der Waals surface area contributed by atoms with Crippen molar-refractivity contribution in [1.82, 2.24) is 5.43 Å². The molecule has 0 fully saturated rings. The summed E-state index contributed by atoms with van der Waals surface area (Å²) < 4.78 is 6.52. The third kappa shape index (κ3) is 5.53. The van der Waals surface area contributed by atoms with Gasteiger partial charge in [0.1, 0.15) is 5.75 Å². The van der Waals surface area contributed by atoms with Crippen molar-refractivity contribution >= 4 is 27.5 Å². The van der Waals surface area contributed by atoms with Crippen LogP contribution in [0.5, 0.6) is 5.75 Å². The number of nitrogens with one attached hydrogen (secondary N) is 1. The van der Waals surface area contributed by atoms with Crippen LogP contribution >= 0.6 is 15.9 Å². The van der Waals surface area contributed by atoms with Gasteiger partial charge in [0.05, 0.1) is 5.71 Å². The van der Waals surface area contributed by atoms with E-state index < -0.39 is 0 Å². The molecule has 4 nitrogen and oxygen atoms in total. The Kier molecular flexibility index (Phi) is 6.39. The number of rotatable bonds is 6. The summed E-state index contributed by atoms with van der Waals surface area (Å²) in [7, 11) is 0. The van der Waals surface area contributed by atoms with Gasteiger partial charge in [-0.3, -0.25) is 4.79 Å². The van der Waals surface area contributed by atoms with Gasteiger partial charge < -0.3 is 4.74 Å². The molecule has 1 N–H and O–H groups in total. The van der Waals surface area contributed by atoms with E-state index in [1.807, 2.05) is 73.7 Å². The number of ether oxygens (including phenoxy) is 1. The molecule has 0 bridgehead atoms. The molecular formula is C22H19BrN2O2. The van der Waals surface area contributed by atoms with Crippen molar-refractivity contribution in [1.29, 1.82) is 0 Å². The van der Waals surface area contributed by atoms with Crippen molar-refractivity contribution in [2.45, 2.75) is 6.92 Å². The fraction of sp³-hybridized carbons (Fsp3) is 0.0909. The largest absolute Gasteiger partial charge is 0.484 e. The molecule has 0 saturated carbocycles. The second-order valence-corrected chi connectivity index (χ2v) is 6.83. The van der Waals surface area contributed by atoms with Crippen LogP contribution in [0.2, 0.25) is 0 Å². The minimum Gasteiger partial charge on any atom is -0.484 e. The molecule has 0 aliphatic carbocycles. The van der Waals surface area contributed by atoms with E-state index in [0.717, 1.165) is 26.9 Å². The molecule has 0 aliphatic rings. The third-order valence-electron chi connectivity index (χ3n) is 3.94. The van der Waals surface area contributed by atoms with Crippen LogP contribution < -0.4 is 10.2 Å². The number of benzene rings is 3. The number of carbonyl (C=O) groups excluding carboxylic acids is 1. The molecule has 0 unspecified atom stereocenters. The van der Waals surface area contributed by atoms with Crippen LogP contribution in [-0.4, -0.2) is 18.2 Å². The highest BCUT2D eigenvalue weighted by Gasteiger charge is 2.04. The van der Waals surface area contributed by atoms with Crippen molar-refractivity contribution in [3.63, 3.8) is 0 Å². The maximum atomic E-state index is 11.9. The molecule has 1 amide bonds. The first-order chi connectivity index (χ1) is 13.1. The molecule has 0 aliphatic heterocycles. The minimum absolute atomic E-state index is 0.0954. The normalized spacial score (nSPS) is 11.1. The van der Waals surface area contributed by atoms with Crippen LogP contribution in [-0.2, 0) is 4.79 Å². The predicted molar refractivity (Wildman–Crippen MR) is 112 cm³/mol. The lowest BCUT2D eigenvalue weighted by atomic mass is 10.1. The van der Waals surface area contributed by atoms with E-state index in [2.05, 4.69) is 38.6 Å². The minimum atomic E-state index is -0.307. The zero-order valence-electron chi connectivity index (χ0n) is 14.9. The van der Waals surface area contributed by atoms with Crippen LogP contribution in [0, 0.1) is 0 Å². The molecule has 0 radical (unpaired) electrons. The molecule has 0 spiro atoms. The summed E-state index contributed by atoms with van der Waals surface area (Å²) in [5, 5.41) is 4.11. The Bertz CT molecular complexity index is 921. The maximum absolute atomic E-state index is 11.9. The van der Waals surface area contributed by atoms with Gasteiger partial charge in [-0.15, -0.1) is 0 Å². The van der Waals surface area contributed by atoms with Crippen molar-refractivity contribution in [2.75, 3.05) is 6.61 Å². The van der Waals surface area contributed by atoms with Gasteiger partial charge in [0, 0.05) is 4.47 Å². The van der Waals surface area contributed by atoms with E-state index in [9.17, 15) is 4.79 Å². The average Bonchev–Trinajstić information content (AvgIpc) is 2.72. The highest BCUT2D eigenvalue weighted by atomic mass is 79.9. The van der Waals surface area contributed by atoms with Crippen molar-refractivity contribution in [3.05, 3.63) is 88.9 Å². The van der Waals surface area contributed by atoms with E-state index >= 15 is 0 Å². The number of carbonyl (C=O) groups is 1. The monoisotopic (exact) mass is 422 g/mol. The second kappa shape index (κ2) is 9.14. The summed E-state index contributed by atoms with van der Waals surface area (Å²) >= 11 is 3.39. The zero-order valence-corrected chi connectivity index (χ0v) is 16.4. The van der Waals surface area contributed by atoms with Crippen LogP contribution in [0.25, 0.3) is 11.1 Å². The van der Waals surface area contributed by atoms with Crippen LogP contribution in [0.15, 0.2) is 88.4 Å². The van der Waals surface area contributed by atoms with Crippen molar-refractivity contribution in [2.24, 2.45) is 5.10 Å². The number of amides is 1. The third-order valence-corrected chi connectivity index (χ3v) is 4.47. The standard InChI is InChI=1S/C22H19BrN2O2/c1-16(17-7-11-20(23)12-8-17)24-25-22(26)15-27-21-13-9-19(10-14-21)18-5-3-2-4-6-18/h2-14H,15H2,1H3,(H,25,26)/b24-16+. The molecular weight excluding hydrogens is 404 g/mol. The molecule has 5 heteroatoms. The van der Waals surface area contributed by atoms with Gasteiger partial charge in [0.2, 0.25) is 0 Å². The summed E-state index contributed by atoms with van der Waals surface area (Å²) in [6.07, 6.45) is 0. The number of halogens is 1. The van der Waals surface area contributed by atoms with Crippen LogP contribution in [0.4, 0.5) is 0 Å². The van der Waals surface area contributed by atoms with E-state index in [1.165, 1.54) is 0 Å². The molecule has 0 atom stereocenters. The van der Waals surface area contributed by atoms with Crippen molar-refractivity contribution < 1.29 is 9.53 Å². The summed E-state index contributed by atoms with van der Waals surface area (Å²) in [5.41, 5.74) is 6.42. The Morgan fingerprint density at radius 1 is 0.926 bits per heavy atom. The highest BCUT2D eigenvalue weighted by molar-refractivity contribution is 9.10. The predicted octanol–water partition coefficient (Wildman–Crippen LogP) is 5.04. The van der Waals surface area contributed by atoms with Gasteiger partial charge in [0.25, 0.3) is 5.91 Å². The number of nitrogens with zero attached hydrogens (tertiary/aromatic N) is 1. The lowest BCUT2D eigenvalue weighted by molar-refractivity contribution is -0.123. The average molecular weight is 423 g/mol. The van der Waals surface area contributed by atoms with Gasteiger partial charge >= 0.3 is 0 Å². The van der Waals surface area contributed by atoms with E-state index in [1.54, 1.807) is 0 Å². The Morgan fingerprint density at radius 3 is 2.22 bits per heavy atom. The smallest absolute Gasteiger partial charge is 0.277 e. The fourth-order valence-electron chi connectivity index (χ4n) is 2.46. The molecule has 0 aromatic heterocycles. The first-order valence-corrected chi connectivity index (χ1v) is 9.28. The van der Waals surface area contributed by atoms with Crippen LogP contribution in [0.1, 0.15) is 12.5 Å². The molecule has 3 aromatic rings. The van der Waals surface area contributed by atoms with E-state index in [-0.39, 0.29) is 12.5 Å². The Morgan fingerprint density at radius 2 is 1.56 bits per heavy atom. The Labute approximate surface area is 167 Å². The molecule has 136 valence electrons. The SMILES string of the molecule is C/C(=N\NC(=O)COc1ccc(-c2ccccc2)cc1)c1ccc(Br)cc1. The van der Waals surface area contributed by atoms with E-state index in [0.29, 0.717) is 5.75 Å². The maximum Gasteiger partial charge on any atom is 0.277 e. The van der Waals surface area contributed by atoms with Gasteiger partial charge in [-0.25, -0.2) is 5.43 Å². The number of hydrogen-bond acceptors (Lipinski definition) is 3. The number of hydrogen-bond donors (Lipinski definition) is 1. The quantitative estimate of drug-likeness (QED) is 0.446. The first kappa shape index (κ1) is 18.9. The summed E-state index contributed by atoms with van der Waals surface area (Å²) in [4.78, 5) is 11.9. The summed E-state index contributed by atoms with van der Waals surface area (Å²) in [5.74, 6) is 0.331. The van der Waals surface area contributed by atoms with Gasteiger partial charge in [-0.2, -0.15) is 5.10 Å². The molecule has 27 heavy (non-hydrogen) atoms. The van der Waals surface area contributed by atoms with Gasteiger partial charge in [0.15, 0.2) is 6.61 Å². The lowest BCUT2D eigenvalue weighted by Crippen LogP contribution is -2.25. The lowest BCUT2D eigenvalue weighted by Gasteiger charge is -2.07. The topological polar surface area (TPSA) is 50.7 Å². The fourth-order valence-corrected chi connectivity index (χ4v) is 2.72. The zero-order chi connectivity index (χ0) is 19.1. The summed E-state index contributed by atoms with van der Waals surface area (Å²) in [6, 6.07) is 25.5. The molecule has 3 aromatic carbocycles. The van der Waals surface area contributed by atoms with Crippen molar-refractivity contribution in [3.8, 4) is 16.9 Å². The highest BCUT2D eigenvalue weighted by Crippen LogP contribution is 2.21. The molecule has 3 rings (SSSR count). The first-order valence-electron chi connectivity index (χ1n) is 8.49. The summed E-state index contributed by atoms with van der Waals surface area (Å²) in [6.45, 7) is 1.74. The molecule has 0 saturated heterocycles. The Hall–Kier alpha value is -2.92. The number of hydrazone groups is 1. The van der Waals surface area contributed by atoms with E-state index in [4.69, 9.17) is 4.74 Å². The second-order valence-electron chi connectivity index (χ2n) is 5.92. The molecule has 0 heterocycles. The Balaban J connectivity index is 1.51. The van der Waals surface area contributed by atoms with Gasteiger partial charge in [-0.05, 0) is 47.9 Å². The van der Waals surface area contributed by atoms with Gasteiger partial charge in [-0.1, -0.05) is 70.5 Å².